The highest BCUT2D eigenvalue weighted by Gasteiger charge is 2.31. The van der Waals surface area contributed by atoms with Gasteiger partial charge in [0.2, 0.25) is 0 Å². The Bertz CT molecular complexity index is 351. The lowest BCUT2D eigenvalue weighted by Crippen LogP contribution is -2.49. The molecule has 1 saturated heterocycles. The molecule has 2 rings (SSSR count). The summed E-state index contributed by atoms with van der Waals surface area (Å²) < 4.78 is 13.5. The second-order valence-corrected chi connectivity index (χ2v) is 5.35. The molecule has 2 nitrogen and oxygen atoms in total. The lowest BCUT2D eigenvalue weighted by molar-refractivity contribution is 0.472. The molecule has 1 aliphatic rings. The lowest BCUT2D eigenvalue weighted by atomic mass is 9.95. The van der Waals surface area contributed by atoms with Crippen molar-refractivity contribution in [3.8, 4) is 0 Å². The van der Waals surface area contributed by atoms with Crippen LogP contribution < -0.4 is 11.1 Å². The number of nitrogens with one attached hydrogen (secondary N) is 1. The topological polar surface area (TPSA) is 38.0 Å². The summed E-state index contributed by atoms with van der Waals surface area (Å²) in [7, 11) is 0. The second kappa shape index (κ2) is 5.06. The molecule has 0 bridgehead atoms. The average molecular weight is 240 g/mol. The van der Waals surface area contributed by atoms with Crippen molar-refractivity contribution in [3.63, 3.8) is 0 Å². The van der Waals surface area contributed by atoms with Crippen LogP contribution in [0.1, 0.15) is 12.8 Å². The Kier molecular flexibility index (Phi) is 3.71. The summed E-state index contributed by atoms with van der Waals surface area (Å²) in [6.07, 6.45) is 2.16. The van der Waals surface area contributed by atoms with Crippen LogP contribution in [0.3, 0.4) is 0 Å². The van der Waals surface area contributed by atoms with E-state index < -0.39 is 0 Å². The number of benzene rings is 1. The predicted octanol–water partition coefficient (Wildman–Crippen LogP) is 2.46. The zero-order valence-electron chi connectivity index (χ0n) is 9.21. The van der Waals surface area contributed by atoms with Crippen molar-refractivity contribution in [1.29, 1.82) is 0 Å². The summed E-state index contributed by atoms with van der Waals surface area (Å²) >= 11 is 1.89. The Hall–Kier alpha value is -0.740. The van der Waals surface area contributed by atoms with Gasteiger partial charge in [0.15, 0.2) is 0 Å². The van der Waals surface area contributed by atoms with Crippen molar-refractivity contribution in [1.82, 2.24) is 0 Å². The van der Waals surface area contributed by atoms with E-state index in [0.29, 0.717) is 12.2 Å². The molecular formula is C12H17FN2S. The van der Waals surface area contributed by atoms with Crippen LogP contribution >= 0.6 is 11.8 Å². The van der Waals surface area contributed by atoms with Crippen LogP contribution in [-0.4, -0.2) is 23.6 Å². The fourth-order valence-corrected chi connectivity index (χ4v) is 3.23. The van der Waals surface area contributed by atoms with E-state index in [1.54, 1.807) is 12.1 Å². The van der Waals surface area contributed by atoms with Crippen LogP contribution in [-0.2, 0) is 0 Å². The quantitative estimate of drug-likeness (QED) is 0.852. The first-order valence-corrected chi connectivity index (χ1v) is 6.72. The van der Waals surface area contributed by atoms with Crippen molar-refractivity contribution < 1.29 is 4.39 Å². The van der Waals surface area contributed by atoms with Crippen molar-refractivity contribution in [2.75, 3.05) is 23.4 Å². The highest BCUT2D eigenvalue weighted by Crippen LogP contribution is 2.30. The average Bonchev–Trinajstić information content (AvgIpc) is 2.33. The largest absolute Gasteiger partial charge is 0.375 e. The van der Waals surface area contributed by atoms with Crippen LogP contribution in [0.5, 0.6) is 0 Å². The van der Waals surface area contributed by atoms with Crippen LogP contribution in [0, 0.1) is 5.82 Å². The summed E-state index contributed by atoms with van der Waals surface area (Å²) in [6.45, 7) is 0.550. The molecule has 0 amide bonds. The molecule has 0 saturated carbocycles. The summed E-state index contributed by atoms with van der Waals surface area (Å²) in [4.78, 5) is 0. The van der Waals surface area contributed by atoms with E-state index in [4.69, 9.17) is 5.73 Å². The maximum absolute atomic E-state index is 13.5. The molecule has 1 aromatic carbocycles. The first kappa shape index (κ1) is 11.7. The number of halogens is 1. The Morgan fingerprint density at radius 3 is 2.88 bits per heavy atom. The number of hydrogen-bond donors (Lipinski definition) is 2. The fourth-order valence-electron chi connectivity index (χ4n) is 2.01. The molecule has 1 unspecified atom stereocenters. The first-order valence-electron chi connectivity index (χ1n) is 5.56. The van der Waals surface area contributed by atoms with E-state index in [2.05, 4.69) is 5.32 Å². The van der Waals surface area contributed by atoms with Gasteiger partial charge in [-0.25, -0.2) is 4.39 Å². The number of hydrogen-bond acceptors (Lipinski definition) is 3. The molecule has 1 aliphatic heterocycles. The number of nitrogens with two attached hydrogens (primary N) is 1. The van der Waals surface area contributed by atoms with Gasteiger partial charge in [-0.2, -0.15) is 11.8 Å². The van der Waals surface area contributed by atoms with Gasteiger partial charge in [-0.15, -0.1) is 0 Å². The number of para-hydroxylation sites is 1. The molecule has 16 heavy (non-hydrogen) atoms. The van der Waals surface area contributed by atoms with Crippen LogP contribution in [0.25, 0.3) is 0 Å². The predicted molar refractivity (Wildman–Crippen MR) is 68.4 cm³/mol. The third kappa shape index (κ3) is 2.50. The van der Waals surface area contributed by atoms with Gasteiger partial charge in [0.05, 0.1) is 11.2 Å². The molecule has 0 spiro atoms. The first-order chi connectivity index (χ1) is 7.76. The third-order valence-electron chi connectivity index (χ3n) is 2.99. The molecule has 0 radical (unpaired) electrons. The zero-order valence-corrected chi connectivity index (χ0v) is 10.0. The van der Waals surface area contributed by atoms with Gasteiger partial charge in [0.25, 0.3) is 0 Å². The maximum Gasteiger partial charge on any atom is 0.146 e. The summed E-state index contributed by atoms with van der Waals surface area (Å²) in [5.41, 5.74) is 6.27. The molecule has 0 aromatic heterocycles. The molecule has 88 valence electrons. The van der Waals surface area contributed by atoms with Gasteiger partial charge in [-0.1, -0.05) is 12.1 Å². The SMILES string of the molecule is NCC1(Nc2ccccc2F)CCCSC1. The van der Waals surface area contributed by atoms with Gasteiger partial charge < -0.3 is 11.1 Å². The van der Waals surface area contributed by atoms with E-state index in [1.165, 1.54) is 11.8 Å². The highest BCUT2D eigenvalue weighted by atomic mass is 32.2. The minimum absolute atomic E-state index is 0.134. The third-order valence-corrected chi connectivity index (χ3v) is 4.32. The molecule has 4 heteroatoms. The van der Waals surface area contributed by atoms with Gasteiger partial charge in [-0.05, 0) is 30.7 Å². The Balaban J connectivity index is 2.15. The monoisotopic (exact) mass is 240 g/mol. The standard InChI is InChI=1S/C12H17FN2S/c13-10-4-1-2-5-11(10)15-12(8-14)6-3-7-16-9-12/h1-2,4-5,15H,3,6-9,14H2. The van der Waals surface area contributed by atoms with Gasteiger partial charge in [0, 0.05) is 12.3 Å². The molecule has 1 heterocycles. The fraction of sp³-hybridized carbons (Fsp3) is 0.500. The van der Waals surface area contributed by atoms with Crippen LogP contribution in [0.2, 0.25) is 0 Å². The van der Waals surface area contributed by atoms with Crippen molar-refractivity contribution in [2.45, 2.75) is 18.4 Å². The van der Waals surface area contributed by atoms with Gasteiger partial charge in [0.1, 0.15) is 5.82 Å². The van der Waals surface area contributed by atoms with Crippen LogP contribution in [0.4, 0.5) is 10.1 Å². The minimum atomic E-state index is -0.203. The second-order valence-electron chi connectivity index (χ2n) is 4.25. The normalized spacial score (nSPS) is 25.4. The smallest absolute Gasteiger partial charge is 0.146 e. The summed E-state index contributed by atoms with van der Waals surface area (Å²) in [5.74, 6) is 1.93. The number of thioether (sulfide) groups is 1. The van der Waals surface area contributed by atoms with Crippen molar-refractivity contribution in [2.24, 2.45) is 5.73 Å². The Morgan fingerprint density at radius 1 is 1.44 bits per heavy atom. The molecule has 0 aliphatic carbocycles. The van der Waals surface area contributed by atoms with Gasteiger partial charge >= 0.3 is 0 Å². The maximum atomic E-state index is 13.5. The van der Waals surface area contributed by atoms with Crippen molar-refractivity contribution >= 4 is 17.4 Å². The van der Waals surface area contributed by atoms with E-state index >= 15 is 0 Å². The highest BCUT2D eigenvalue weighted by molar-refractivity contribution is 7.99. The Morgan fingerprint density at radius 2 is 2.25 bits per heavy atom. The lowest BCUT2D eigenvalue weighted by Gasteiger charge is -2.37. The minimum Gasteiger partial charge on any atom is -0.375 e. The Labute approximate surface area is 99.8 Å². The molecular weight excluding hydrogens is 223 g/mol. The molecule has 1 fully saturated rings. The molecule has 3 N–H and O–H groups in total. The van der Waals surface area contributed by atoms with E-state index in [1.807, 2.05) is 17.8 Å². The summed E-state index contributed by atoms with van der Waals surface area (Å²) in [6, 6.07) is 6.78. The van der Waals surface area contributed by atoms with Crippen molar-refractivity contribution in [3.05, 3.63) is 30.1 Å². The van der Waals surface area contributed by atoms with Gasteiger partial charge in [-0.3, -0.25) is 0 Å². The van der Waals surface area contributed by atoms with E-state index in [9.17, 15) is 4.39 Å². The number of rotatable bonds is 3. The zero-order chi connectivity index (χ0) is 11.4. The molecule has 1 aromatic rings. The molecule has 1 atom stereocenters. The summed E-state index contributed by atoms with van der Waals surface area (Å²) in [5, 5.41) is 3.29. The van der Waals surface area contributed by atoms with Crippen LogP contribution in [0.15, 0.2) is 24.3 Å². The van der Waals surface area contributed by atoms with E-state index in [-0.39, 0.29) is 11.4 Å². The number of anilines is 1. The van der Waals surface area contributed by atoms with E-state index in [0.717, 1.165) is 18.6 Å².